The molecule has 0 radical (unpaired) electrons. The summed E-state index contributed by atoms with van der Waals surface area (Å²) in [6, 6.07) is 0. The molecule has 0 bridgehead atoms. The molecular weight excluding hydrogens is 186 g/mol. The molecule has 0 aliphatic carbocycles. The van der Waals surface area contributed by atoms with Gasteiger partial charge in [-0.3, -0.25) is 14.9 Å². The summed E-state index contributed by atoms with van der Waals surface area (Å²) in [6.07, 6.45) is 0.748. The molecule has 5 nitrogen and oxygen atoms in total. The van der Waals surface area contributed by atoms with Crippen LogP contribution in [0, 0.1) is 0 Å². The first-order chi connectivity index (χ1) is 6.47. The fourth-order valence-electron chi connectivity index (χ4n) is 0.682. The lowest BCUT2D eigenvalue weighted by Crippen LogP contribution is -2.18. The molecule has 1 aliphatic heterocycles. The quantitative estimate of drug-likeness (QED) is 0.371. The molecule has 78 valence electrons. The second kappa shape index (κ2) is 5.90. The SMILES string of the molecule is C=C(C)C(=O)OC.O=C1CCC(=O)N1. The Kier molecular flexibility index (Phi) is 5.21. The average Bonchev–Trinajstić information content (AvgIpc) is 2.49. The van der Waals surface area contributed by atoms with Gasteiger partial charge in [-0.2, -0.15) is 0 Å². The second-order valence-corrected chi connectivity index (χ2v) is 2.74. The number of esters is 1. The summed E-state index contributed by atoms with van der Waals surface area (Å²) in [5.74, 6) is -0.644. The van der Waals surface area contributed by atoms with Crippen LogP contribution in [-0.4, -0.2) is 24.9 Å². The van der Waals surface area contributed by atoms with Gasteiger partial charge in [-0.15, -0.1) is 0 Å². The maximum absolute atomic E-state index is 10.2. The van der Waals surface area contributed by atoms with Gasteiger partial charge in [0.2, 0.25) is 11.8 Å². The Morgan fingerprint density at radius 2 is 1.79 bits per heavy atom. The molecule has 1 saturated heterocycles. The average molecular weight is 199 g/mol. The van der Waals surface area contributed by atoms with E-state index in [2.05, 4.69) is 16.6 Å². The third-order valence-electron chi connectivity index (χ3n) is 1.39. The molecule has 5 heteroatoms. The molecule has 0 aromatic heterocycles. The molecule has 1 aliphatic rings. The zero-order valence-corrected chi connectivity index (χ0v) is 8.25. The van der Waals surface area contributed by atoms with Crippen molar-refractivity contribution in [3.63, 3.8) is 0 Å². The predicted molar refractivity (Wildman–Crippen MR) is 49.2 cm³/mol. The molecule has 1 N–H and O–H groups in total. The van der Waals surface area contributed by atoms with Crippen molar-refractivity contribution in [2.75, 3.05) is 7.11 Å². The standard InChI is InChI=1S/C5H8O2.C4H5NO2/c1-4(2)5(6)7-3;6-3-1-2-4(7)5-3/h1H2,2-3H3;1-2H2,(H,5,6,7). The molecule has 14 heavy (non-hydrogen) atoms. The van der Waals surface area contributed by atoms with Crippen LogP contribution in [0.25, 0.3) is 0 Å². The van der Waals surface area contributed by atoms with Gasteiger partial charge in [0.15, 0.2) is 0 Å². The zero-order chi connectivity index (χ0) is 11.1. The number of carbonyl (C=O) groups is 3. The smallest absolute Gasteiger partial charge is 0.332 e. The maximum atomic E-state index is 10.2. The third-order valence-corrected chi connectivity index (χ3v) is 1.39. The number of rotatable bonds is 1. The number of hydrogen-bond donors (Lipinski definition) is 1. The van der Waals surface area contributed by atoms with Crippen LogP contribution in [0.4, 0.5) is 0 Å². The summed E-state index contributed by atoms with van der Waals surface area (Å²) < 4.78 is 4.27. The molecule has 0 aromatic carbocycles. The Labute approximate surface area is 82.1 Å². The lowest BCUT2D eigenvalue weighted by atomic mass is 10.4. The summed E-state index contributed by atoms with van der Waals surface area (Å²) in [5, 5.41) is 2.14. The number of hydrogen-bond acceptors (Lipinski definition) is 4. The zero-order valence-electron chi connectivity index (χ0n) is 8.25. The van der Waals surface area contributed by atoms with Crippen molar-refractivity contribution in [2.45, 2.75) is 19.8 Å². The minimum absolute atomic E-state index is 0.148. The highest BCUT2D eigenvalue weighted by Gasteiger charge is 2.15. The van der Waals surface area contributed by atoms with Crippen LogP contribution in [0.2, 0.25) is 0 Å². The lowest BCUT2D eigenvalue weighted by molar-refractivity contribution is -0.136. The van der Waals surface area contributed by atoms with Crippen molar-refractivity contribution >= 4 is 17.8 Å². The van der Waals surface area contributed by atoms with Crippen molar-refractivity contribution in [1.29, 1.82) is 0 Å². The van der Waals surface area contributed by atoms with E-state index in [0.29, 0.717) is 18.4 Å². The highest BCUT2D eigenvalue weighted by atomic mass is 16.5. The van der Waals surface area contributed by atoms with Crippen LogP contribution in [0.15, 0.2) is 12.2 Å². The topological polar surface area (TPSA) is 72.5 Å². The van der Waals surface area contributed by atoms with Gasteiger partial charge in [0.1, 0.15) is 0 Å². The lowest BCUT2D eigenvalue weighted by Gasteiger charge is -1.91. The Bertz CT molecular complexity index is 256. The Balaban J connectivity index is 0.000000241. The number of nitrogens with one attached hydrogen (secondary N) is 1. The number of methoxy groups -OCH3 is 1. The normalized spacial score (nSPS) is 13.9. The minimum Gasteiger partial charge on any atom is -0.466 e. The predicted octanol–water partition coefficient (Wildman–Crippen LogP) is 0.158. The molecule has 2 amide bonds. The largest absolute Gasteiger partial charge is 0.466 e. The van der Waals surface area contributed by atoms with Crippen molar-refractivity contribution in [3.05, 3.63) is 12.2 Å². The van der Waals surface area contributed by atoms with Gasteiger partial charge < -0.3 is 4.74 Å². The van der Waals surface area contributed by atoms with Crippen LogP contribution in [0.3, 0.4) is 0 Å². The van der Waals surface area contributed by atoms with Crippen molar-refractivity contribution in [2.24, 2.45) is 0 Å². The summed E-state index contributed by atoms with van der Waals surface area (Å²) in [7, 11) is 1.33. The first-order valence-corrected chi connectivity index (χ1v) is 4.04. The van der Waals surface area contributed by atoms with E-state index in [1.807, 2.05) is 0 Å². The third kappa shape index (κ3) is 5.08. The Morgan fingerprint density at radius 3 is 1.86 bits per heavy atom. The summed E-state index contributed by atoms with van der Waals surface area (Å²) >= 11 is 0. The van der Waals surface area contributed by atoms with Crippen LogP contribution >= 0.6 is 0 Å². The monoisotopic (exact) mass is 199 g/mol. The summed E-state index contributed by atoms with van der Waals surface area (Å²) in [5.41, 5.74) is 0.433. The van der Waals surface area contributed by atoms with Crippen molar-refractivity contribution < 1.29 is 19.1 Å². The van der Waals surface area contributed by atoms with Crippen LogP contribution in [0.1, 0.15) is 19.8 Å². The van der Waals surface area contributed by atoms with Crippen LogP contribution < -0.4 is 5.32 Å². The van der Waals surface area contributed by atoms with Gasteiger partial charge in [0.05, 0.1) is 7.11 Å². The highest BCUT2D eigenvalue weighted by molar-refractivity contribution is 6.01. The fraction of sp³-hybridized carbons (Fsp3) is 0.444. The number of imide groups is 1. The number of amides is 2. The second-order valence-electron chi connectivity index (χ2n) is 2.74. The van der Waals surface area contributed by atoms with E-state index in [9.17, 15) is 14.4 Å². The van der Waals surface area contributed by atoms with Crippen LogP contribution in [0.5, 0.6) is 0 Å². The van der Waals surface area contributed by atoms with Gasteiger partial charge in [-0.25, -0.2) is 4.79 Å². The molecule has 1 rings (SSSR count). The van der Waals surface area contributed by atoms with E-state index in [0.717, 1.165) is 0 Å². The Hall–Kier alpha value is -1.65. The van der Waals surface area contributed by atoms with E-state index < -0.39 is 0 Å². The molecular formula is C9H13NO4. The summed E-state index contributed by atoms with van der Waals surface area (Å²) in [6.45, 7) is 4.95. The number of carbonyl (C=O) groups excluding carboxylic acids is 3. The fourth-order valence-corrected chi connectivity index (χ4v) is 0.682. The van der Waals surface area contributed by atoms with E-state index in [1.54, 1.807) is 6.92 Å². The number of ether oxygens (including phenoxy) is 1. The van der Waals surface area contributed by atoms with Crippen molar-refractivity contribution in [1.82, 2.24) is 5.32 Å². The maximum Gasteiger partial charge on any atom is 0.332 e. The first-order valence-electron chi connectivity index (χ1n) is 4.04. The van der Waals surface area contributed by atoms with Gasteiger partial charge in [-0.05, 0) is 6.92 Å². The van der Waals surface area contributed by atoms with Crippen molar-refractivity contribution in [3.8, 4) is 0 Å². The highest BCUT2D eigenvalue weighted by Crippen LogP contribution is 1.95. The molecule has 0 unspecified atom stereocenters. The van der Waals surface area contributed by atoms with Gasteiger partial charge in [0.25, 0.3) is 0 Å². The first kappa shape index (κ1) is 12.3. The van der Waals surface area contributed by atoms with E-state index in [1.165, 1.54) is 7.11 Å². The Morgan fingerprint density at radius 1 is 1.36 bits per heavy atom. The molecule has 1 heterocycles. The molecule has 0 spiro atoms. The van der Waals surface area contributed by atoms with E-state index in [4.69, 9.17) is 0 Å². The van der Waals surface area contributed by atoms with Gasteiger partial charge in [0, 0.05) is 18.4 Å². The summed E-state index contributed by atoms with van der Waals surface area (Å²) in [4.78, 5) is 30.4. The van der Waals surface area contributed by atoms with Gasteiger partial charge in [-0.1, -0.05) is 6.58 Å². The molecule has 0 aromatic rings. The van der Waals surface area contributed by atoms with E-state index in [-0.39, 0.29) is 17.8 Å². The van der Waals surface area contributed by atoms with Gasteiger partial charge >= 0.3 is 5.97 Å². The minimum atomic E-state index is -0.347. The van der Waals surface area contributed by atoms with E-state index >= 15 is 0 Å². The molecule has 1 fully saturated rings. The molecule has 0 atom stereocenters. The van der Waals surface area contributed by atoms with Crippen LogP contribution in [-0.2, 0) is 19.1 Å². The molecule has 0 saturated carbocycles.